The summed E-state index contributed by atoms with van der Waals surface area (Å²) in [7, 11) is 0. The molecule has 0 aliphatic carbocycles. The van der Waals surface area contributed by atoms with Gasteiger partial charge < -0.3 is 10.1 Å². The van der Waals surface area contributed by atoms with E-state index >= 15 is 0 Å². The van der Waals surface area contributed by atoms with Gasteiger partial charge in [-0.15, -0.1) is 0 Å². The molecule has 0 saturated heterocycles. The quantitative estimate of drug-likeness (QED) is 0.876. The zero-order valence-corrected chi connectivity index (χ0v) is 11.9. The number of hydrogen-bond acceptors (Lipinski definition) is 3. The van der Waals surface area contributed by atoms with Crippen LogP contribution < -0.4 is 5.32 Å². The number of halogens is 3. The van der Waals surface area contributed by atoms with Crippen LogP contribution in [0.1, 0.15) is 10.4 Å². The maximum Gasteiger partial charge on any atom is 0.338 e. The highest BCUT2D eigenvalue weighted by Crippen LogP contribution is 2.15. The highest BCUT2D eigenvalue weighted by Gasteiger charge is 2.12. The third kappa shape index (κ3) is 4.26. The summed E-state index contributed by atoms with van der Waals surface area (Å²) in [5.74, 6) is -3.01. The second-order valence-corrected chi connectivity index (χ2v) is 4.69. The Morgan fingerprint density at radius 1 is 1.09 bits per heavy atom. The van der Waals surface area contributed by atoms with Crippen LogP contribution in [0.4, 0.5) is 14.5 Å². The van der Waals surface area contributed by atoms with Gasteiger partial charge >= 0.3 is 5.97 Å². The third-order valence-corrected chi connectivity index (χ3v) is 2.87. The first kappa shape index (κ1) is 15.9. The summed E-state index contributed by atoms with van der Waals surface area (Å²) in [5.41, 5.74) is -0.110. The van der Waals surface area contributed by atoms with Crippen LogP contribution in [-0.4, -0.2) is 18.5 Å². The van der Waals surface area contributed by atoms with Gasteiger partial charge in [-0.2, -0.15) is 0 Å². The molecule has 7 heteroatoms. The summed E-state index contributed by atoms with van der Waals surface area (Å²) in [4.78, 5) is 23.2. The number of nitrogens with one attached hydrogen (secondary N) is 1. The minimum Gasteiger partial charge on any atom is -0.452 e. The lowest BCUT2D eigenvalue weighted by atomic mass is 10.2. The van der Waals surface area contributed by atoms with E-state index in [1.165, 1.54) is 24.3 Å². The Labute approximate surface area is 129 Å². The molecule has 0 aromatic heterocycles. The van der Waals surface area contributed by atoms with Crippen molar-refractivity contribution in [3.05, 3.63) is 64.7 Å². The van der Waals surface area contributed by atoms with Crippen molar-refractivity contribution >= 4 is 29.2 Å². The standard InChI is InChI=1S/C15H10ClF2NO3/c16-10-3-1-9(2-4-10)15(21)22-8-14(20)19-13-7-11(17)5-6-12(13)18/h1-7H,8H2,(H,19,20). The number of amides is 1. The van der Waals surface area contributed by atoms with Crippen LogP contribution >= 0.6 is 11.6 Å². The van der Waals surface area contributed by atoms with E-state index in [9.17, 15) is 18.4 Å². The molecule has 2 aromatic rings. The van der Waals surface area contributed by atoms with E-state index in [0.717, 1.165) is 18.2 Å². The monoisotopic (exact) mass is 325 g/mol. The SMILES string of the molecule is O=C(COC(=O)c1ccc(Cl)cc1)Nc1cc(F)ccc1F. The lowest BCUT2D eigenvalue weighted by Gasteiger charge is -2.07. The Bertz CT molecular complexity index is 704. The van der Waals surface area contributed by atoms with E-state index in [4.69, 9.17) is 16.3 Å². The van der Waals surface area contributed by atoms with Gasteiger partial charge in [-0.25, -0.2) is 13.6 Å². The first-order valence-electron chi connectivity index (χ1n) is 6.13. The fraction of sp³-hybridized carbons (Fsp3) is 0.0667. The van der Waals surface area contributed by atoms with Crippen LogP contribution in [0, 0.1) is 11.6 Å². The molecule has 0 heterocycles. The number of rotatable bonds is 4. The highest BCUT2D eigenvalue weighted by molar-refractivity contribution is 6.30. The summed E-state index contributed by atoms with van der Waals surface area (Å²) in [6.07, 6.45) is 0. The second kappa shape index (κ2) is 7.00. The lowest BCUT2D eigenvalue weighted by Crippen LogP contribution is -2.21. The van der Waals surface area contributed by atoms with Crippen molar-refractivity contribution in [2.75, 3.05) is 11.9 Å². The van der Waals surface area contributed by atoms with Crippen LogP contribution in [0.3, 0.4) is 0 Å². The zero-order valence-electron chi connectivity index (χ0n) is 11.1. The summed E-state index contributed by atoms with van der Waals surface area (Å²) in [6.45, 7) is -0.628. The normalized spacial score (nSPS) is 10.1. The van der Waals surface area contributed by atoms with Crippen molar-refractivity contribution in [3.63, 3.8) is 0 Å². The smallest absolute Gasteiger partial charge is 0.338 e. The summed E-state index contributed by atoms with van der Waals surface area (Å²) in [6, 6.07) is 8.51. The summed E-state index contributed by atoms with van der Waals surface area (Å²) in [5, 5.41) is 2.57. The predicted molar refractivity (Wildman–Crippen MR) is 76.7 cm³/mol. The van der Waals surface area contributed by atoms with Gasteiger partial charge in [0.05, 0.1) is 11.3 Å². The number of ether oxygens (including phenoxy) is 1. The largest absolute Gasteiger partial charge is 0.452 e. The fourth-order valence-electron chi connectivity index (χ4n) is 1.58. The van der Waals surface area contributed by atoms with Gasteiger partial charge in [0.2, 0.25) is 0 Å². The number of benzene rings is 2. The van der Waals surface area contributed by atoms with E-state index in [1.54, 1.807) is 0 Å². The molecule has 1 N–H and O–H groups in total. The van der Waals surface area contributed by atoms with Crippen molar-refractivity contribution in [1.82, 2.24) is 0 Å². The number of esters is 1. The van der Waals surface area contributed by atoms with Crippen molar-refractivity contribution in [2.24, 2.45) is 0 Å². The average molecular weight is 326 g/mol. The molecule has 0 aliphatic rings. The van der Waals surface area contributed by atoms with Gasteiger partial charge in [-0.3, -0.25) is 4.79 Å². The number of hydrogen-bond donors (Lipinski definition) is 1. The van der Waals surface area contributed by atoms with E-state index in [0.29, 0.717) is 5.02 Å². The van der Waals surface area contributed by atoms with Crippen LogP contribution in [0.2, 0.25) is 5.02 Å². The molecule has 0 unspecified atom stereocenters. The average Bonchev–Trinajstić information content (AvgIpc) is 2.49. The van der Waals surface area contributed by atoms with Crippen molar-refractivity contribution in [2.45, 2.75) is 0 Å². The van der Waals surface area contributed by atoms with E-state index in [-0.39, 0.29) is 11.3 Å². The fourth-order valence-corrected chi connectivity index (χ4v) is 1.71. The molecule has 0 saturated carbocycles. The zero-order chi connectivity index (χ0) is 16.1. The molecule has 22 heavy (non-hydrogen) atoms. The summed E-state index contributed by atoms with van der Waals surface area (Å²) >= 11 is 5.68. The van der Waals surface area contributed by atoms with Crippen LogP contribution in [0.5, 0.6) is 0 Å². The molecule has 0 bridgehead atoms. The number of carbonyl (C=O) groups excluding carboxylic acids is 2. The molecule has 0 spiro atoms. The first-order valence-corrected chi connectivity index (χ1v) is 6.51. The van der Waals surface area contributed by atoms with Gasteiger partial charge in [-0.05, 0) is 36.4 Å². The Morgan fingerprint density at radius 2 is 1.77 bits per heavy atom. The molecule has 2 aromatic carbocycles. The number of carbonyl (C=O) groups is 2. The second-order valence-electron chi connectivity index (χ2n) is 4.26. The molecular formula is C15H10ClF2NO3. The van der Waals surface area contributed by atoms with Crippen LogP contribution in [-0.2, 0) is 9.53 Å². The topological polar surface area (TPSA) is 55.4 Å². The Balaban J connectivity index is 1.91. The lowest BCUT2D eigenvalue weighted by molar-refractivity contribution is -0.119. The third-order valence-electron chi connectivity index (χ3n) is 2.62. The Kier molecular flexibility index (Phi) is 5.06. The molecule has 4 nitrogen and oxygen atoms in total. The van der Waals surface area contributed by atoms with Gasteiger partial charge in [0.15, 0.2) is 6.61 Å². The van der Waals surface area contributed by atoms with Crippen molar-refractivity contribution < 1.29 is 23.1 Å². The first-order chi connectivity index (χ1) is 10.5. The van der Waals surface area contributed by atoms with Gasteiger partial charge in [0.25, 0.3) is 5.91 Å². The highest BCUT2D eigenvalue weighted by atomic mass is 35.5. The molecule has 1 amide bonds. The maximum absolute atomic E-state index is 13.3. The predicted octanol–water partition coefficient (Wildman–Crippen LogP) is 3.41. The number of anilines is 1. The minimum atomic E-state index is -0.793. The van der Waals surface area contributed by atoms with E-state index in [2.05, 4.69) is 5.32 Å². The van der Waals surface area contributed by atoms with Gasteiger partial charge in [0.1, 0.15) is 11.6 Å². The van der Waals surface area contributed by atoms with E-state index < -0.39 is 30.1 Å². The molecule has 0 fully saturated rings. The van der Waals surface area contributed by atoms with Crippen LogP contribution in [0.15, 0.2) is 42.5 Å². The van der Waals surface area contributed by atoms with E-state index in [1.807, 2.05) is 0 Å². The maximum atomic E-state index is 13.3. The Hall–Kier alpha value is -2.47. The molecular weight excluding hydrogens is 316 g/mol. The molecule has 2 rings (SSSR count). The molecule has 0 radical (unpaired) electrons. The van der Waals surface area contributed by atoms with Crippen molar-refractivity contribution in [1.29, 1.82) is 0 Å². The Morgan fingerprint density at radius 3 is 2.45 bits per heavy atom. The van der Waals surface area contributed by atoms with Crippen LogP contribution in [0.25, 0.3) is 0 Å². The molecule has 0 atom stereocenters. The van der Waals surface area contributed by atoms with Gasteiger partial charge in [-0.1, -0.05) is 11.6 Å². The molecule has 0 aliphatic heterocycles. The van der Waals surface area contributed by atoms with Crippen molar-refractivity contribution in [3.8, 4) is 0 Å². The summed E-state index contributed by atoms with van der Waals surface area (Å²) < 4.78 is 31.0. The molecule has 114 valence electrons. The minimum absolute atomic E-state index is 0.217. The van der Waals surface area contributed by atoms with Gasteiger partial charge in [0, 0.05) is 11.1 Å².